The summed E-state index contributed by atoms with van der Waals surface area (Å²) in [7, 11) is -3.42. The Kier molecular flexibility index (Phi) is 4.20. The first kappa shape index (κ1) is 15.4. The molecule has 0 amide bonds. The molecule has 0 atom stereocenters. The van der Waals surface area contributed by atoms with Gasteiger partial charge in [-0.2, -0.15) is 0 Å². The van der Waals surface area contributed by atoms with Gasteiger partial charge in [-0.3, -0.25) is 4.98 Å². The fraction of sp³-hybridized carbons (Fsp3) is 0.125. The molecule has 0 aliphatic rings. The van der Waals surface area contributed by atoms with Crippen molar-refractivity contribution in [2.45, 2.75) is 11.5 Å². The van der Waals surface area contributed by atoms with E-state index in [0.717, 1.165) is 0 Å². The normalized spacial score (nSPS) is 11.5. The third-order valence-electron chi connectivity index (χ3n) is 3.09. The van der Waals surface area contributed by atoms with Gasteiger partial charge in [0, 0.05) is 11.8 Å². The molecule has 1 aromatic carbocycles. The van der Waals surface area contributed by atoms with Crippen LogP contribution < -0.4 is 0 Å². The summed E-state index contributed by atoms with van der Waals surface area (Å²) in [4.78, 5) is 8.12. The summed E-state index contributed by atoms with van der Waals surface area (Å²) in [5, 5.41) is 0. The van der Waals surface area contributed by atoms with Crippen molar-refractivity contribution in [3.05, 3.63) is 72.1 Å². The molecule has 23 heavy (non-hydrogen) atoms. The van der Waals surface area contributed by atoms with Gasteiger partial charge in [0.15, 0.2) is 9.84 Å². The lowest BCUT2D eigenvalue weighted by molar-refractivity contribution is 0.570. The van der Waals surface area contributed by atoms with E-state index in [2.05, 4.69) is 9.97 Å². The summed E-state index contributed by atoms with van der Waals surface area (Å²) in [6.07, 6.45) is 2.82. The van der Waals surface area contributed by atoms with Gasteiger partial charge in [0.2, 0.25) is 5.89 Å². The van der Waals surface area contributed by atoms with E-state index in [4.69, 9.17) is 4.42 Å². The molecule has 0 saturated carbocycles. The zero-order chi connectivity index (χ0) is 16.3. The largest absolute Gasteiger partial charge is 0.444 e. The highest BCUT2D eigenvalue weighted by molar-refractivity contribution is 7.89. The van der Waals surface area contributed by atoms with Crippen LogP contribution in [-0.2, 0) is 21.3 Å². The lowest BCUT2D eigenvalue weighted by Gasteiger charge is -2.01. The number of oxazole rings is 1. The van der Waals surface area contributed by atoms with Crippen molar-refractivity contribution in [1.82, 2.24) is 9.97 Å². The molecule has 0 bridgehead atoms. The Morgan fingerprint density at radius 3 is 2.61 bits per heavy atom. The van der Waals surface area contributed by atoms with Crippen LogP contribution in [0.3, 0.4) is 0 Å². The Bertz CT molecular complexity index is 908. The van der Waals surface area contributed by atoms with Gasteiger partial charge in [-0.1, -0.05) is 12.1 Å². The van der Waals surface area contributed by atoms with Crippen molar-refractivity contribution in [3.8, 4) is 11.5 Å². The average Bonchev–Trinajstić information content (AvgIpc) is 2.95. The number of hydrogen-bond acceptors (Lipinski definition) is 5. The third-order valence-corrected chi connectivity index (χ3v) is 4.56. The van der Waals surface area contributed by atoms with E-state index in [-0.39, 0.29) is 23.1 Å². The van der Waals surface area contributed by atoms with Crippen molar-refractivity contribution in [2.75, 3.05) is 0 Å². The molecule has 118 valence electrons. The molecule has 0 saturated heterocycles. The van der Waals surface area contributed by atoms with Crippen LogP contribution in [0.1, 0.15) is 11.4 Å². The maximum absolute atomic E-state index is 13.2. The first-order chi connectivity index (χ1) is 11.0. The molecule has 2 aromatic heterocycles. The zero-order valence-electron chi connectivity index (χ0n) is 12.0. The second-order valence-electron chi connectivity index (χ2n) is 5.01. The van der Waals surface area contributed by atoms with Gasteiger partial charge in [0.25, 0.3) is 0 Å². The molecular weight excluding hydrogens is 319 g/mol. The minimum atomic E-state index is -3.42. The highest BCUT2D eigenvalue weighted by Gasteiger charge is 2.17. The van der Waals surface area contributed by atoms with E-state index < -0.39 is 15.7 Å². The first-order valence-corrected chi connectivity index (χ1v) is 8.65. The number of hydrogen-bond donors (Lipinski definition) is 0. The van der Waals surface area contributed by atoms with Crippen molar-refractivity contribution in [3.63, 3.8) is 0 Å². The monoisotopic (exact) mass is 332 g/mol. The molecule has 2 heterocycles. The average molecular weight is 332 g/mol. The van der Waals surface area contributed by atoms with Crippen LogP contribution in [0, 0.1) is 5.82 Å². The van der Waals surface area contributed by atoms with Crippen LogP contribution in [0.15, 0.2) is 59.3 Å². The molecule has 5 nitrogen and oxygen atoms in total. The van der Waals surface area contributed by atoms with Crippen LogP contribution in [-0.4, -0.2) is 18.4 Å². The Hall–Kier alpha value is -2.54. The van der Waals surface area contributed by atoms with E-state index in [1.807, 2.05) is 0 Å². The van der Waals surface area contributed by atoms with Gasteiger partial charge >= 0.3 is 0 Å². The minimum Gasteiger partial charge on any atom is -0.444 e. The van der Waals surface area contributed by atoms with E-state index in [0.29, 0.717) is 11.3 Å². The Labute approximate surface area is 132 Å². The highest BCUT2D eigenvalue weighted by Crippen LogP contribution is 2.20. The van der Waals surface area contributed by atoms with Crippen LogP contribution in [0.2, 0.25) is 0 Å². The van der Waals surface area contributed by atoms with E-state index in [9.17, 15) is 12.8 Å². The molecular formula is C16H13FN2O3S. The van der Waals surface area contributed by atoms with Gasteiger partial charge in [-0.15, -0.1) is 0 Å². The Morgan fingerprint density at radius 2 is 1.87 bits per heavy atom. The zero-order valence-corrected chi connectivity index (χ0v) is 12.8. The fourth-order valence-corrected chi connectivity index (χ4v) is 3.42. The number of pyridine rings is 1. The molecule has 3 rings (SSSR count). The van der Waals surface area contributed by atoms with Gasteiger partial charge < -0.3 is 4.42 Å². The second kappa shape index (κ2) is 6.29. The minimum absolute atomic E-state index is 0.171. The van der Waals surface area contributed by atoms with Gasteiger partial charge in [0.05, 0.1) is 22.9 Å². The number of benzene rings is 1. The molecule has 0 aliphatic carbocycles. The predicted molar refractivity (Wildman–Crippen MR) is 82.5 cm³/mol. The summed E-state index contributed by atoms with van der Waals surface area (Å²) in [5.74, 6) is -0.657. The summed E-state index contributed by atoms with van der Waals surface area (Å²) in [6, 6.07) is 10.9. The van der Waals surface area contributed by atoms with Crippen LogP contribution in [0.5, 0.6) is 0 Å². The molecule has 0 unspecified atom stereocenters. The topological polar surface area (TPSA) is 73.1 Å². The highest BCUT2D eigenvalue weighted by atomic mass is 32.2. The Morgan fingerprint density at radius 1 is 1.04 bits per heavy atom. The van der Waals surface area contributed by atoms with Gasteiger partial charge in [0.1, 0.15) is 12.1 Å². The second-order valence-corrected chi connectivity index (χ2v) is 7.07. The number of rotatable bonds is 5. The number of halogens is 1. The van der Waals surface area contributed by atoms with Crippen LogP contribution >= 0.6 is 0 Å². The van der Waals surface area contributed by atoms with Gasteiger partial charge in [-0.25, -0.2) is 17.8 Å². The number of nitrogens with zero attached hydrogens (tertiary/aromatic N) is 2. The molecule has 7 heteroatoms. The summed E-state index contributed by atoms with van der Waals surface area (Å²) in [5.41, 5.74) is 1.21. The number of aromatic nitrogens is 2. The third kappa shape index (κ3) is 4.01. The van der Waals surface area contributed by atoms with E-state index in [1.165, 1.54) is 24.5 Å². The van der Waals surface area contributed by atoms with Crippen LogP contribution in [0.4, 0.5) is 4.39 Å². The summed E-state index contributed by atoms with van der Waals surface area (Å²) >= 11 is 0. The SMILES string of the molecule is O=S(=O)(Cc1ccccn1)Cc1coc(-c2cccc(F)c2)n1. The van der Waals surface area contributed by atoms with E-state index in [1.54, 1.807) is 30.5 Å². The lowest BCUT2D eigenvalue weighted by atomic mass is 10.2. The predicted octanol–water partition coefficient (Wildman–Crippen LogP) is 2.99. The van der Waals surface area contributed by atoms with Crippen molar-refractivity contribution >= 4 is 9.84 Å². The molecule has 0 N–H and O–H groups in total. The smallest absolute Gasteiger partial charge is 0.226 e. The van der Waals surface area contributed by atoms with Crippen molar-refractivity contribution in [1.29, 1.82) is 0 Å². The first-order valence-electron chi connectivity index (χ1n) is 6.82. The van der Waals surface area contributed by atoms with Crippen LogP contribution in [0.25, 0.3) is 11.5 Å². The van der Waals surface area contributed by atoms with Gasteiger partial charge in [-0.05, 0) is 30.3 Å². The fourth-order valence-electron chi connectivity index (χ4n) is 2.11. The van der Waals surface area contributed by atoms with E-state index >= 15 is 0 Å². The molecule has 0 aliphatic heterocycles. The number of sulfone groups is 1. The summed E-state index contributed by atoms with van der Waals surface area (Å²) in [6.45, 7) is 0. The van der Waals surface area contributed by atoms with Crippen molar-refractivity contribution in [2.24, 2.45) is 0 Å². The quantitative estimate of drug-likeness (QED) is 0.718. The molecule has 0 radical (unpaired) electrons. The van der Waals surface area contributed by atoms with Crippen molar-refractivity contribution < 1.29 is 17.2 Å². The molecule has 0 fully saturated rings. The molecule has 0 spiro atoms. The lowest BCUT2D eigenvalue weighted by Crippen LogP contribution is -2.08. The Balaban J connectivity index is 1.76. The maximum Gasteiger partial charge on any atom is 0.226 e. The summed E-state index contributed by atoms with van der Waals surface area (Å²) < 4.78 is 42.8. The maximum atomic E-state index is 13.2. The standard InChI is InChI=1S/C16H13FN2O3S/c17-13-5-3-4-12(8-13)16-19-15(9-22-16)11-23(20,21)10-14-6-1-2-7-18-14/h1-9H,10-11H2. The molecule has 3 aromatic rings.